The first kappa shape index (κ1) is 16.3. The highest BCUT2D eigenvalue weighted by Crippen LogP contribution is 2.23. The van der Waals surface area contributed by atoms with Crippen molar-refractivity contribution in [3.63, 3.8) is 0 Å². The topological polar surface area (TPSA) is 50.8 Å². The zero-order chi connectivity index (χ0) is 16.8. The monoisotopic (exact) mass is 326 g/mol. The zero-order valence-electron chi connectivity index (χ0n) is 13.8. The van der Waals surface area contributed by atoms with Crippen LogP contribution >= 0.6 is 0 Å². The van der Waals surface area contributed by atoms with E-state index < -0.39 is 0 Å². The second-order valence-electron chi connectivity index (χ2n) is 5.60. The van der Waals surface area contributed by atoms with Crippen LogP contribution in [0.4, 0.5) is 10.5 Å². The van der Waals surface area contributed by atoms with Gasteiger partial charge < -0.3 is 19.7 Å². The van der Waals surface area contributed by atoms with Gasteiger partial charge in [0.25, 0.3) is 0 Å². The number of morpholine rings is 1. The lowest BCUT2D eigenvalue weighted by Gasteiger charge is -2.33. The molecule has 0 saturated carbocycles. The summed E-state index contributed by atoms with van der Waals surface area (Å²) < 4.78 is 11.2. The van der Waals surface area contributed by atoms with Crippen molar-refractivity contribution in [1.82, 2.24) is 4.90 Å². The van der Waals surface area contributed by atoms with Crippen LogP contribution in [0.1, 0.15) is 18.6 Å². The van der Waals surface area contributed by atoms with Gasteiger partial charge in [0.15, 0.2) is 0 Å². The van der Waals surface area contributed by atoms with Crippen LogP contribution in [0.15, 0.2) is 54.6 Å². The number of rotatable bonds is 4. The van der Waals surface area contributed by atoms with Crippen LogP contribution < -0.4 is 10.1 Å². The number of hydrogen-bond donors (Lipinski definition) is 1. The van der Waals surface area contributed by atoms with E-state index in [1.165, 1.54) is 0 Å². The normalized spacial score (nSPS) is 17.4. The van der Waals surface area contributed by atoms with E-state index in [1.54, 1.807) is 4.90 Å². The molecule has 1 N–H and O–H groups in total. The van der Waals surface area contributed by atoms with Gasteiger partial charge in [-0.25, -0.2) is 4.79 Å². The molecule has 1 fully saturated rings. The van der Waals surface area contributed by atoms with E-state index in [9.17, 15) is 4.79 Å². The number of benzene rings is 2. The molecule has 0 bridgehead atoms. The fourth-order valence-electron chi connectivity index (χ4n) is 2.71. The van der Waals surface area contributed by atoms with E-state index in [1.807, 2.05) is 61.5 Å². The summed E-state index contributed by atoms with van der Waals surface area (Å²) in [5.74, 6) is 0.797. The molecule has 1 aliphatic rings. The van der Waals surface area contributed by atoms with Crippen molar-refractivity contribution in [3.8, 4) is 5.75 Å². The molecule has 1 aliphatic heterocycles. The van der Waals surface area contributed by atoms with Crippen LogP contribution in [0, 0.1) is 0 Å². The SMILES string of the molecule is CCOc1ccc(NC(=O)N2CCOC(c3ccccc3)C2)cc1. The second kappa shape index (κ2) is 7.84. The predicted octanol–water partition coefficient (Wildman–Crippen LogP) is 3.69. The number of anilines is 1. The first-order chi connectivity index (χ1) is 11.8. The van der Waals surface area contributed by atoms with Crippen LogP contribution in [-0.4, -0.2) is 37.2 Å². The Labute approximate surface area is 142 Å². The van der Waals surface area contributed by atoms with Gasteiger partial charge in [0, 0.05) is 12.2 Å². The van der Waals surface area contributed by atoms with Crippen molar-refractivity contribution in [3.05, 3.63) is 60.2 Å². The van der Waals surface area contributed by atoms with E-state index in [4.69, 9.17) is 9.47 Å². The third kappa shape index (κ3) is 4.06. The Morgan fingerprint density at radius 2 is 1.96 bits per heavy atom. The number of carbonyl (C=O) groups excluding carboxylic acids is 1. The third-order valence-electron chi connectivity index (χ3n) is 3.94. The summed E-state index contributed by atoms with van der Waals surface area (Å²) in [5.41, 5.74) is 1.85. The van der Waals surface area contributed by atoms with E-state index in [-0.39, 0.29) is 12.1 Å². The Hall–Kier alpha value is -2.53. The van der Waals surface area contributed by atoms with Crippen molar-refractivity contribution in [2.45, 2.75) is 13.0 Å². The molecular formula is C19H22N2O3. The highest BCUT2D eigenvalue weighted by Gasteiger charge is 2.25. The molecule has 0 aliphatic carbocycles. The highest BCUT2D eigenvalue weighted by molar-refractivity contribution is 5.89. The van der Waals surface area contributed by atoms with Gasteiger partial charge in [0.1, 0.15) is 11.9 Å². The number of nitrogens with one attached hydrogen (secondary N) is 1. The van der Waals surface area contributed by atoms with Gasteiger partial charge in [-0.05, 0) is 36.8 Å². The Balaban J connectivity index is 1.60. The van der Waals surface area contributed by atoms with E-state index >= 15 is 0 Å². The average Bonchev–Trinajstić information content (AvgIpc) is 2.64. The van der Waals surface area contributed by atoms with Gasteiger partial charge in [0.05, 0.1) is 19.8 Å². The fourth-order valence-corrected chi connectivity index (χ4v) is 2.71. The average molecular weight is 326 g/mol. The van der Waals surface area contributed by atoms with Crippen LogP contribution in [0.25, 0.3) is 0 Å². The molecule has 2 aromatic carbocycles. The first-order valence-corrected chi connectivity index (χ1v) is 8.21. The van der Waals surface area contributed by atoms with Gasteiger partial charge in [-0.3, -0.25) is 0 Å². The third-order valence-corrected chi connectivity index (χ3v) is 3.94. The predicted molar refractivity (Wildman–Crippen MR) is 93.3 cm³/mol. The molecule has 1 atom stereocenters. The number of carbonyl (C=O) groups is 1. The molecule has 24 heavy (non-hydrogen) atoms. The molecular weight excluding hydrogens is 304 g/mol. The first-order valence-electron chi connectivity index (χ1n) is 8.21. The van der Waals surface area contributed by atoms with Crippen molar-refractivity contribution < 1.29 is 14.3 Å². The van der Waals surface area contributed by atoms with E-state index in [0.29, 0.717) is 26.3 Å². The van der Waals surface area contributed by atoms with Crippen molar-refractivity contribution in [1.29, 1.82) is 0 Å². The Morgan fingerprint density at radius 3 is 2.67 bits per heavy atom. The molecule has 2 amide bonds. The lowest BCUT2D eigenvalue weighted by molar-refractivity contribution is -0.0135. The minimum atomic E-state index is -0.108. The maximum atomic E-state index is 12.5. The van der Waals surface area contributed by atoms with E-state index in [2.05, 4.69) is 5.32 Å². The molecule has 5 nitrogen and oxygen atoms in total. The van der Waals surface area contributed by atoms with Crippen molar-refractivity contribution in [2.75, 3.05) is 31.6 Å². The molecule has 1 saturated heterocycles. The summed E-state index contributed by atoms with van der Waals surface area (Å²) in [5, 5.41) is 2.93. The van der Waals surface area contributed by atoms with Gasteiger partial charge in [-0.1, -0.05) is 30.3 Å². The molecule has 2 aromatic rings. The Morgan fingerprint density at radius 1 is 1.21 bits per heavy atom. The van der Waals surface area contributed by atoms with Gasteiger partial charge in [0.2, 0.25) is 0 Å². The summed E-state index contributed by atoms with van der Waals surface area (Å²) in [6, 6.07) is 17.3. The standard InChI is InChI=1S/C19H22N2O3/c1-2-23-17-10-8-16(9-11-17)20-19(22)21-12-13-24-18(14-21)15-6-4-3-5-7-15/h3-11,18H,2,12-14H2,1H3,(H,20,22). The molecule has 5 heteroatoms. The largest absolute Gasteiger partial charge is 0.494 e. The minimum absolute atomic E-state index is 0.0777. The highest BCUT2D eigenvalue weighted by atomic mass is 16.5. The summed E-state index contributed by atoms with van der Waals surface area (Å²) >= 11 is 0. The van der Waals surface area contributed by atoms with Crippen LogP contribution in [0.3, 0.4) is 0 Å². The van der Waals surface area contributed by atoms with Crippen LogP contribution in [-0.2, 0) is 4.74 Å². The summed E-state index contributed by atoms with van der Waals surface area (Å²) in [7, 11) is 0. The smallest absolute Gasteiger partial charge is 0.322 e. The zero-order valence-corrected chi connectivity index (χ0v) is 13.8. The maximum absolute atomic E-state index is 12.5. The molecule has 0 spiro atoms. The number of hydrogen-bond acceptors (Lipinski definition) is 3. The molecule has 1 heterocycles. The van der Waals surface area contributed by atoms with Crippen LogP contribution in [0.2, 0.25) is 0 Å². The molecule has 126 valence electrons. The van der Waals surface area contributed by atoms with Gasteiger partial charge >= 0.3 is 6.03 Å². The van der Waals surface area contributed by atoms with Crippen molar-refractivity contribution >= 4 is 11.7 Å². The number of amides is 2. The number of urea groups is 1. The molecule has 0 radical (unpaired) electrons. The molecule has 1 unspecified atom stereocenters. The second-order valence-corrected chi connectivity index (χ2v) is 5.60. The van der Waals surface area contributed by atoms with Crippen LogP contribution in [0.5, 0.6) is 5.75 Å². The molecule has 3 rings (SSSR count). The minimum Gasteiger partial charge on any atom is -0.494 e. The lowest BCUT2D eigenvalue weighted by atomic mass is 10.1. The van der Waals surface area contributed by atoms with Gasteiger partial charge in [-0.15, -0.1) is 0 Å². The number of ether oxygens (including phenoxy) is 2. The quantitative estimate of drug-likeness (QED) is 0.932. The van der Waals surface area contributed by atoms with Crippen molar-refractivity contribution in [2.24, 2.45) is 0 Å². The summed E-state index contributed by atoms with van der Waals surface area (Å²) in [6.07, 6.45) is -0.0777. The van der Waals surface area contributed by atoms with E-state index in [0.717, 1.165) is 17.0 Å². The van der Waals surface area contributed by atoms with Gasteiger partial charge in [-0.2, -0.15) is 0 Å². The fraction of sp³-hybridized carbons (Fsp3) is 0.316. The number of nitrogens with zero attached hydrogens (tertiary/aromatic N) is 1. The Kier molecular flexibility index (Phi) is 5.33. The Bertz CT molecular complexity index is 658. The molecule has 0 aromatic heterocycles. The summed E-state index contributed by atoms with van der Waals surface area (Å²) in [6.45, 7) is 4.24. The summed E-state index contributed by atoms with van der Waals surface area (Å²) in [4.78, 5) is 14.3. The maximum Gasteiger partial charge on any atom is 0.322 e. The lowest BCUT2D eigenvalue weighted by Crippen LogP contribution is -2.44.